The van der Waals surface area contributed by atoms with Crippen LogP contribution >= 0.6 is 11.8 Å². The molecule has 25 heavy (non-hydrogen) atoms. The van der Waals surface area contributed by atoms with Crippen LogP contribution in [-0.2, 0) is 4.79 Å². The minimum Gasteiger partial charge on any atom is -0.369 e. The monoisotopic (exact) mass is 353 g/mol. The topological polar surface area (TPSA) is 78.0 Å². The smallest absolute Gasteiger partial charge is 0.266 e. The average molecular weight is 353 g/mol. The summed E-state index contributed by atoms with van der Waals surface area (Å²) in [7, 11) is 0. The fraction of sp³-hybridized carbons (Fsp3) is 0.211. The number of carbonyl (C=O) groups excluding carboxylic acids is 1. The van der Waals surface area contributed by atoms with Gasteiger partial charge in [0.25, 0.3) is 5.56 Å². The van der Waals surface area contributed by atoms with Crippen LogP contribution in [0, 0.1) is 13.8 Å². The first-order chi connectivity index (χ1) is 11.9. The number of hydrogen-bond acceptors (Lipinski definition) is 4. The first-order valence-electron chi connectivity index (χ1n) is 7.94. The second-order valence-corrected chi connectivity index (χ2v) is 7.24. The number of amides is 1. The maximum Gasteiger partial charge on any atom is 0.266 e. The molecule has 2 aromatic carbocycles. The Kier molecular flexibility index (Phi) is 4.63. The van der Waals surface area contributed by atoms with Gasteiger partial charge in [-0.1, -0.05) is 36.0 Å². The van der Waals surface area contributed by atoms with Crippen LogP contribution in [0.3, 0.4) is 0 Å². The highest BCUT2D eigenvalue weighted by atomic mass is 32.2. The lowest BCUT2D eigenvalue weighted by atomic mass is 10.1. The van der Waals surface area contributed by atoms with Gasteiger partial charge in [-0.2, -0.15) is 0 Å². The molecule has 6 heteroatoms. The molecule has 0 fully saturated rings. The van der Waals surface area contributed by atoms with Gasteiger partial charge >= 0.3 is 0 Å². The van der Waals surface area contributed by atoms with Gasteiger partial charge < -0.3 is 5.73 Å². The molecule has 1 aromatic heterocycles. The first kappa shape index (κ1) is 17.2. The number of hydrogen-bond donors (Lipinski definition) is 1. The van der Waals surface area contributed by atoms with E-state index in [0.29, 0.717) is 16.1 Å². The summed E-state index contributed by atoms with van der Waals surface area (Å²) < 4.78 is 1.58. The van der Waals surface area contributed by atoms with Gasteiger partial charge in [0, 0.05) is 0 Å². The van der Waals surface area contributed by atoms with E-state index >= 15 is 0 Å². The molecule has 1 unspecified atom stereocenters. The molecule has 1 amide bonds. The molecule has 3 rings (SSSR count). The molecular weight excluding hydrogens is 334 g/mol. The van der Waals surface area contributed by atoms with Gasteiger partial charge in [0.2, 0.25) is 5.91 Å². The summed E-state index contributed by atoms with van der Waals surface area (Å²) in [4.78, 5) is 29.3. The second-order valence-electron chi connectivity index (χ2n) is 5.93. The maximum absolute atomic E-state index is 13.2. The second kappa shape index (κ2) is 6.72. The lowest BCUT2D eigenvalue weighted by molar-refractivity contribution is -0.117. The van der Waals surface area contributed by atoms with E-state index in [0.717, 1.165) is 16.8 Å². The quantitative estimate of drug-likeness (QED) is 0.578. The van der Waals surface area contributed by atoms with Crippen molar-refractivity contribution in [3.8, 4) is 5.69 Å². The summed E-state index contributed by atoms with van der Waals surface area (Å²) in [5.41, 5.74) is 8.69. The minimum absolute atomic E-state index is 0.154. The number of carbonyl (C=O) groups is 1. The first-order valence-corrected chi connectivity index (χ1v) is 8.82. The van der Waals surface area contributed by atoms with Gasteiger partial charge in [-0.25, -0.2) is 4.98 Å². The van der Waals surface area contributed by atoms with E-state index in [1.807, 2.05) is 44.2 Å². The van der Waals surface area contributed by atoms with Crippen LogP contribution in [-0.4, -0.2) is 20.7 Å². The summed E-state index contributed by atoms with van der Waals surface area (Å²) in [6.45, 7) is 5.68. The lowest BCUT2D eigenvalue weighted by Gasteiger charge is -2.17. The number of rotatable bonds is 4. The Morgan fingerprint density at radius 1 is 1.16 bits per heavy atom. The molecule has 3 aromatic rings. The fourth-order valence-electron chi connectivity index (χ4n) is 2.60. The van der Waals surface area contributed by atoms with Crippen LogP contribution in [0.4, 0.5) is 0 Å². The van der Waals surface area contributed by atoms with E-state index < -0.39 is 11.2 Å². The van der Waals surface area contributed by atoms with Crippen molar-refractivity contribution in [3.63, 3.8) is 0 Å². The van der Waals surface area contributed by atoms with Gasteiger partial charge in [-0.05, 0) is 50.1 Å². The average Bonchev–Trinajstić information content (AvgIpc) is 2.58. The number of nitrogens with zero attached hydrogens (tertiary/aromatic N) is 2. The number of fused-ring (bicyclic) bond motifs is 1. The zero-order valence-corrected chi connectivity index (χ0v) is 15.1. The number of primary amides is 1. The predicted octanol–water partition coefficient (Wildman–Crippen LogP) is 2.97. The molecule has 1 heterocycles. The normalized spacial score (nSPS) is 12.3. The Labute approximate surface area is 149 Å². The summed E-state index contributed by atoms with van der Waals surface area (Å²) >= 11 is 1.19. The number of aromatic nitrogens is 2. The summed E-state index contributed by atoms with van der Waals surface area (Å²) in [5.74, 6) is -0.445. The third-order valence-corrected chi connectivity index (χ3v) is 5.32. The Hall–Kier alpha value is -2.60. The van der Waals surface area contributed by atoms with Gasteiger partial charge in [-0.3, -0.25) is 14.2 Å². The summed E-state index contributed by atoms with van der Waals surface area (Å²) in [6.07, 6.45) is 0. The van der Waals surface area contributed by atoms with Crippen molar-refractivity contribution in [1.82, 2.24) is 9.55 Å². The van der Waals surface area contributed by atoms with Crippen molar-refractivity contribution in [2.24, 2.45) is 5.73 Å². The Bertz CT molecular complexity index is 1030. The van der Waals surface area contributed by atoms with Crippen LogP contribution in [0.1, 0.15) is 18.1 Å². The molecule has 0 radical (unpaired) electrons. The van der Waals surface area contributed by atoms with E-state index in [-0.39, 0.29) is 5.56 Å². The van der Waals surface area contributed by atoms with Crippen LogP contribution < -0.4 is 11.3 Å². The molecule has 0 spiro atoms. The van der Waals surface area contributed by atoms with Crippen LogP contribution in [0.15, 0.2) is 52.4 Å². The van der Waals surface area contributed by atoms with Crippen molar-refractivity contribution in [2.75, 3.05) is 0 Å². The SMILES string of the molecule is Cc1cccc(-n2c(SC(C)C(N)=O)nc3ccccc3c2=O)c1C. The molecule has 0 bridgehead atoms. The largest absolute Gasteiger partial charge is 0.369 e. The molecule has 1 atom stereocenters. The van der Waals surface area contributed by atoms with Crippen molar-refractivity contribution < 1.29 is 4.79 Å². The maximum atomic E-state index is 13.2. The Morgan fingerprint density at radius 3 is 2.60 bits per heavy atom. The minimum atomic E-state index is -0.496. The summed E-state index contributed by atoms with van der Waals surface area (Å²) in [5, 5.41) is 0.507. The number of benzene rings is 2. The van der Waals surface area contributed by atoms with E-state index in [2.05, 4.69) is 4.98 Å². The fourth-order valence-corrected chi connectivity index (χ4v) is 3.47. The Balaban J connectivity index is 2.34. The number of thioether (sulfide) groups is 1. The molecule has 0 aliphatic heterocycles. The van der Waals surface area contributed by atoms with E-state index in [9.17, 15) is 9.59 Å². The van der Waals surface area contributed by atoms with Gasteiger partial charge in [0.15, 0.2) is 5.16 Å². The van der Waals surface area contributed by atoms with Crippen LogP contribution in [0.5, 0.6) is 0 Å². The number of aryl methyl sites for hydroxylation is 1. The van der Waals surface area contributed by atoms with Gasteiger partial charge in [0.1, 0.15) is 0 Å². The third-order valence-electron chi connectivity index (χ3n) is 4.24. The number of para-hydroxylation sites is 1. The molecule has 2 N–H and O–H groups in total. The van der Waals surface area contributed by atoms with E-state index in [4.69, 9.17) is 5.73 Å². The highest BCUT2D eigenvalue weighted by Crippen LogP contribution is 2.26. The molecular formula is C19H19N3O2S. The lowest BCUT2D eigenvalue weighted by Crippen LogP contribution is -2.26. The van der Waals surface area contributed by atoms with Crippen molar-refractivity contribution in [2.45, 2.75) is 31.2 Å². The third kappa shape index (κ3) is 3.17. The standard InChI is InChI=1S/C19H19N3O2S/c1-11-7-6-10-16(12(11)2)22-18(24)14-8-4-5-9-15(14)21-19(22)25-13(3)17(20)23/h4-10,13H,1-3H3,(H2,20,23). The predicted molar refractivity (Wildman–Crippen MR) is 101 cm³/mol. The Morgan fingerprint density at radius 2 is 1.88 bits per heavy atom. The molecule has 0 saturated carbocycles. The van der Waals surface area contributed by atoms with Gasteiger partial charge in [0.05, 0.1) is 21.8 Å². The van der Waals surface area contributed by atoms with Crippen molar-refractivity contribution in [1.29, 1.82) is 0 Å². The van der Waals surface area contributed by atoms with E-state index in [1.165, 1.54) is 11.8 Å². The van der Waals surface area contributed by atoms with Crippen LogP contribution in [0.2, 0.25) is 0 Å². The molecule has 0 aliphatic rings. The molecule has 128 valence electrons. The zero-order chi connectivity index (χ0) is 18.1. The highest BCUT2D eigenvalue weighted by Gasteiger charge is 2.19. The molecule has 5 nitrogen and oxygen atoms in total. The van der Waals surface area contributed by atoms with E-state index in [1.54, 1.807) is 23.6 Å². The molecule has 0 aliphatic carbocycles. The highest BCUT2D eigenvalue weighted by molar-refractivity contribution is 8.00. The summed E-state index contributed by atoms with van der Waals surface area (Å²) in [6, 6.07) is 13.0. The molecule has 0 saturated heterocycles. The zero-order valence-electron chi connectivity index (χ0n) is 14.3. The van der Waals surface area contributed by atoms with Crippen molar-refractivity contribution in [3.05, 3.63) is 63.9 Å². The van der Waals surface area contributed by atoms with Crippen LogP contribution in [0.25, 0.3) is 16.6 Å². The van der Waals surface area contributed by atoms with Crippen molar-refractivity contribution >= 4 is 28.6 Å². The number of nitrogens with two attached hydrogens (primary N) is 1. The van der Waals surface area contributed by atoms with Gasteiger partial charge in [-0.15, -0.1) is 0 Å².